The van der Waals surface area contributed by atoms with Gasteiger partial charge in [-0.1, -0.05) is 71.2 Å². The summed E-state index contributed by atoms with van der Waals surface area (Å²) in [6.07, 6.45) is -0.520. The third-order valence-corrected chi connectivity index (χ3v) is 7.77. The summed E-state index contributed by atoms with van der Waals surface area (Å²) in [6, 6.07) is 18.7. The van der Waals surface area contributed by atoms with E-state index in [0.29, 0.717) is 25.1 Å². The van der Waals surface area contributed by atoms with Gasteiger partial charge in [-0.05, 0) is 35.7 Å². The Kier molecular flexibility index (Phi) is 6.99. The molecule has 0 radical (unpaired) electrons. The largest absolute Gasteiger partial charge is 0.416 e. The fourth-order valence-corrected chi connectivity index (χ4v) is 5.80. The number of alkyl halides is 3. The predicted octanol–water partition coefficient (Wildman–Crippen LogP) is 6.41. The van der Waals surface area contributed by atoms with E-state index in [1.165, 1.54) is 34.8 Å². The lowest BCUT2D eigenvalue weighted by molar-refractivity contribution is -0.137. The minimum Gasteiger partial charge on any atom is -0.342 e. The maximum atomic E-state index is 13.1. The van der Waals surface area contributed by atoms with E-state index in [2.05, 4.69) is 19.9 Å². The first-order valence-corrected chi connectivity index (χ1v) is 12.9. The molecular weight excluding hydrogens is 503 g/mol. The molecule has 0 aliphatic heterocycles. The first-order chi connectivity index (χ1) is 17.3. The lowest BCUT2D eigenvalue weighted by Crippen LogP contribution is -2.38. The number of anilines is 1. The van der Waals surface area contributed by atoms with E-state index in [4.69, 9.17) is 5.73 Å². The van der Waals surface area contributed by atoms with Crippen molar-refractivity contribution < 1.29 is 13.2 Å². The number of hydrogen-bond donors (Lipinski definition) is 1. The summed E-state index contributed by atoms with van der Waals surface area (Å²) in [5.74, 6) is 0. The molecular formula is C26H22F3N5S2. The SMILES string of the molecule is N[C@@H](Cc1cccc(C(F)(F)F)c1)CN(Cc1ccccc1)c1ncc(-c2nc3cccnc3s2)s1. The maximum absolute atomic E-state index is 13.1. The highest BCUT2D eigenvalue weighted by Crippen LogP contribution is 2.36. The van der Waals surface area contributed by atoms with Crippen LogP contribution < -0.4 is 10.6 Å². The number of benzene rings is 2. The second kappa shape index (κ2) is 10.3. The number of nitrogens with zero attached hydrogens (tertiary/aromatic N) is 4. The molecule has 3 heterocycles. The Hall–Kier alpha value is -3.34. The van der Waals surface area contributed by atoms with Gasteiger partial charge in [0.1, 0.15) is 15.4 Å². The van der Waals surface area contributed by atoms with Crippen LogP contribution in [0.25, 0.3) is 20.2 Å². The highest BCUT2D eigenvalue weighted by atomic mass is 32.1. The van der Waals surface area contributed by atoms with Gasteiger partial charge in [0.25, 0.3) is 0 Å². The molecule has 0 bridgehead atoms. The van der Waals surface area contributed by atoms with Gasteiger partial charge < -0.3 is 10.6 Å². The van der Waals surface area contributed by atoms with Crippen LogP contribution in [0.1, 0.15) is 16.7 Å². The number of pyridine rings is 1. The molecule has 0 amide bonds. The Morgan fingerprint density at radius 1 is 0.917 bits per heavy atom. The molecule has 0 saturated heterocycles. The van der Waals surface area contributed by atoms with Crippen molar-refractivity contribution in [1.82, 2.24) is 15.0 Å². The molecule has 184 valence electrons. The molecule has 36 heavy (non-hydrogen) atoms. The number of aromatic nitrogens is 3. The summed E-state index contributed by atoms with van der Waals surface area (Å²) in [5, 5.41) is 1.63. The van der Waals surface area contributed by atoms with Crippen LogP contribution in [0.4, 0.5) is 18.3 Å². The summed E-state index contributed by atoms with van der Waals surface area (Å²) in [6.45, 7) is 1.00. The van der Waals surface area contributed by atoms with E-state index in [0.717, 1.165) is 37.0 Å². The van der Waals surface area contributed by atoms with Gasteiger partial charge in [-0.2, -0.15) is 13.2 Å². The van der Waals surface area contributed by atoms with Gasteiger partial charge in [-0.15, -0.1) is 0 Å². The van der Waals surface area contributed by atoms with Gasteiger partial charge in [0.15, 0.2) is 5.13 Å². The summed E-state index contributed by atoms with van der Waals surface area (Å²) < 4.78 is 39.4. The van der Waals surface area contributed by atoms with Crippen molar-refractivity contribution in [2.75, 3.05) is 11.4 Å². The monoisotopic (exact) mass is 525 g/mol. The Balaban J connectivity index is 1.38. The predicted molar refractivity (Wildman–Crippen MR) is 139 cm³/mol. The molecule has 2 N–H and O–H groups in total. The summed E-state index contributed by atoms with van der Waals surface area (Å²) in [5.41, 5.74) is 8.28. The first kappa shape index (κ1) is 24.4. The van der Waals surface area contributed by atoms with E-state index < -0.39 is 17.8 Å². The van der Waals surface area contributed by atoms with Crippen molar-refractivity contribution in [2.45, 2.75) is 25.2 Å². The molecule has 2 aromatic carbocycles. The van der Waals surface area contributed by atoms with E-state index in [1.54, 1.807) is 18.5 Å². The van der Waals surface area contributed by atoms with Crippen LogP contribution in [0.2, 0.25) is 0 Å². The van der Waals surface area contributed by atoms with Crippen LogP contribution in [-0.4, -0.2) is 27.5 Å². The van der Waals surface area contributed by atoms with Crippen molar-refractivity contribution in [3.63, 3.8) is 0 Å². The zero-order valence-electron chi connectivity index (χ0n) is 19.0. The van der Waals surface area contributed by atoms with E-state index >= 15 is 0 Å². The molecule has 1 atom stereocenters. The van der Waals surface area contributed by atoms with Gasteiger partial charge in [0, 0.05) is 25.3 Å². The Labute approximate surface area is 214 Å². The van der Waals surface area contributed by atoms with Gasteiger partial charge >= 0.3 is 6.18 Å². The number of nitrogens with two attached hydrogens (primary N) is 1. The van der Waals surface area contributed by atoms with Gasteiger partial charge in [0.2, 0.25) is 0 Å². The number of hydrogen-bond acceptors (Lipinski definition) is 7. The van der Waals surface area contributed by atoms with Crippen molar-refractivity contribution in [3.05, 3.63) is 95.8 Å². The highest BCUT2D eigenvalue weighted by molar-refractivity contribution is 7.26. The lowest BCUT2D eigenvalue weighted by atomic mass is 10.0. The fraction of sp³-hybridized carbons (Fsp3) is 0.192. The zero-order chi connectivity index (χ0) is 25.1. The molecule has 0 unspecified atom stereocenters. The zero-order valence-corrected chi connectivity index (χ0v) is 20.7. The first-order valence-electron chi connectivity index (χ1n) is 11.2. The van der Waals surface area contributed by atoms with Crippen LogP contribution in [-0.2, 0) is 19.1 Å². The van der Waals surface area contributed by atoms with E-state index in [-0.39, 0.29) is 0 Å². The second-order valence-corrected chi connectivity index (χ2v) is 10.4. The average molecular weight is 526 g/mol. The number of fused-ring (bicyclic) bond motifs is 1. The highest BCUT2D eigenvalue weighted by Gasteiger charge is 2.30. The van der Waals surface area contributed by atoms with E-state index in [1.807, 2.05) is 42.5 Å². The van der Waals surface area contributed by atoms with Crippen molar-refractivity contribution in [2.24, 2.45) is 5.73 Å². The molecule has 0 aliphatic carbocycles. The van der Waals surface area contributed by atoms with Crippen LogP contribution in [0.5, 0.6) is 0 Å². The van der Waals surface area contributed by atoms with Crippen LogP contribution in [0, 0.1) is 0 Å². The van der Waals surface area contributed by atoms with Crippen molar-refractivity contribution in [3.8, 4) is 9.88 Å². The lowest BCUT2D eigenvalue weighted by Gasteiger charge is -2.26. The topological polar surface area (TPSA) is 67.9 Å². The minimum absolute atomic E-state index is 0.316. The molecule has 5 nitrogen and oxygen atoms in total. The fourth-order valence-electron chi connectivity index (χ4n) is 3.92. The second-order valence-electron chi connectivity index (χ2n) is 8.38. The Morgan fingerprint density at radius 2 is 1.72 bits per heavy atom. The molecule has 3 aromatic heterocycles. The Bertz CT molecular complexity index is 1420. The van der Waals surface area contributed by atoms with Gasteiger partial charge in [0.05, 0.1) is 16.6 Å². The number of thiazole rings is 2. The Morgan fingerprint density at radius 3 is 2.50 bits per heavy atom. The molecule has 5 rings (SSSR count). The summed E-state index contributed by atoms with van der Waals surface area (Å²) in [7, 11) is 0. The summed E-state index contributed by atoms with van der Waals surface area (Å²) >= 11 is 3.02. The van der Waals surface area contributed by atoms with Crippen molar-refractivity contribution >= 4 is 38.2 Å². The molecule has 0 fully saturated rings. The number of halogens is 3. The van der Waals surface area contributed by atoms with E-state index in [9.17, 15) is 13.2 Å². The van der Waals surface area contributed by atoms with Crippen LogP contribution >= 0.6 is 22.7 Å². The van der Waals surface area contributed by atoms with Gasteiger partial charge in [-0.25, -0.2) is 15.0 Å². The molecule has 5 aromatic rings. The molecule has 0 aliphatic rings. The molecule has 0 saturated carbocycles. The standard InChI is InChI=1S/C26H22F3N5S2/c27-26(28,29)19-9-4-8-18(12-19)13-20(30)16-34(15-17-6-2-1-3-7-17)25-32-14-22(35-25)24-33-21-10-5-11-31-23(21)36-24/h1-12,14,20H,13,15-16,30H2/t20-/m0/s1. The normalized spacial score (nSPS) is 12.7. The third kappa shape index (κ3) is 5.72. The molecule has 10 heteroatoms. The third-order valence-electron chi connectivity index (χ3n) is 5.56. The van der Waals surface area contributed by atoms with Crippen LogP contribution in [0.3, 0.4) is 0 Å². The average Bonchev–Trinajstić information content (AvgIpc) is 3.51. The quantitative estimate of drug-likeness (QED) is 0.254. The van der Waals surface area contributed by atoms with Gasteiger partial charge in [-0.3, -0.25) is 0 Å². The maximum Gasteiger partial charge on any atom is 0.416 e. The van der Waals surface area contributed by atoms with Crippen molar-refractivity contribution in [1.29, 1.82) is 0 Å². The molecule has 0 spiro atoms. The van der Waals surface area contributed by atoms with Crippen LogP contribution in [0.15, 0.2) is 79.1 Å². The summed E-state index contributed by atoms with van der Waals surface area (Å²) in [4.78, 5) is 17.6. The number of rotatable bonds is 8. The minimum atomic E-state index is -4.38. The smallest absolute Gasteiger partial charge is 0.342 e.